The summed E-state index contributed by atoms with van der Waals surface area (Å²) >= 11 is 12.0. The fourth-order valence-electron chi connectivity index (χ4n) is 3.12. The van der Waals surface area contributed by atoms with Gasteiger partial charge in [-0.2, -0.15) is 0 Å². The summed E-state index contributed by atoms with van der Waals surface area (Å²) < 4.78 is 5.19. The number of rotatable bonds is 4. The number of methoxy groups -OCH3 is 1. The van der Waals surface area contributed by atoms with Gasteiger partial charge in [-0.05, 0) is 55.3 Å². The van der Waals surface area contributed by atoms with E-state index in [4.69, 9.17) is 27.9 Å². The molecule has 3 rings (SSSR count). The molecule has 8 heteroatoms. The molecule has 0 saturated heterocycles. The second-order valence-electron chi connectivity index (χ2n) is 6.52. The number of hydrogen-bond donors (Lipinski definition) is 2. The fourth-order valence-corrected chi connectivity index (χ4v) is 3.69. The number of anilines is 1. The van der Waals surface area contributed by atoms with E-state index in [1.54, 1.807) is 19.2 Å². The van der Waals surface area contributed by atoms with Crippen molar-refractivity contribution in [3.8, 4) is 16.9 Å². The van der Waals surface area contributed by atoms with Crippen LogP contribution in [-0.2, 0) is 0 Å². The average Bonchev–Trinajstić information content (AvgIpc) is 2.67. The van der Waals surface area contributed by atoms with Gasteiger partial charge in [-0.15, -0.1) is 0 Å². The van der Waals surface area contributed by atoms with Gasteiger partial charge < -0.3 is 4.74 Å². The van der Waals surface area contributed by atoms with Crippen molar-refractivity contribution in [2.45, 2.75) is 13.8 Å². The number of nitrogens with zero attached hydrogens (tertiary/aromatic N) is 1. The van der Waals surface area contributed by atoms with Crippen molar-refractivity contribution in [3.05, 3.63) is 75.4 Å². The number of ether oxygens (including phenoxy) is 1. The van der Waals surface area contributed by atoms with E-state index in [1.807, 2.05) is 38.1 Å². The lowest BCUT2D eigenvalue weighted by Crippen LogP contribution is -2.35. The Morgan fingerprint density at radius 3 is 2.20 bits per heavy atom. The van der Waals surface area contributed by atoms with Gasteiger partial charge >= 0.3 is 6.03 Å². The summed E-state index contributed by atoms with van der Waals surface area (Å²) in [6.07, 6.45) is 0. The first-order chi connectivity index (χ1) is 14.3. The summed E-state index contributed by atoms with van der Waals surface area (Å²) in [5, 5.41) is 5.09. The largest absolute Gasteiger partial charge is 0.497 e. The molecule has 6 nitrogen and oxygen atoms in total. The Morgan fingerprint density at radius 1 is 1.00 bits per heavy atom. The van der Waals surface area contributed by atoms with Gasteiger partial charge in [0.1, 0.15) is 11.6 Å². The quantitative estimate of drug-likeness (QED) is 0.546. The minimum Gasteiger partial charge on any atom is -0.497 e. The summed E-state index contributed by atoms with van der Waals surface area (Å²) in [6, 6.07) is 13.3. The number of aryl methyl sites for hydroxylation is 2. The van der Waals surface area contributed by atoms with E-state index in [0.29, 0.717) is 5.82 Å². The second-order valence-corrected chi connectivity index (χ2v) is 7.33. The van der Waals surface area contributed by atoms with Crippen LogP contribution in [0.4, 0.5) is 10.6 Å². The zero-order valence-electron chi connectivity index (χ0n) is 16.5. The van der Waals surface area contributed by atoms with Gasteiger partial charge in [0.2, 0.25) is 0 Å². The van der Waals surface area contributed by atoms with Crippen LogP contribution in [0.1, 0.15) is 21.6 Å². The van der Waals surface area contributed by atoms with Crippen LogP contribution >= 0.6 is 23.2 Å². The highest BCUT2D eigenvalue weighted by Crippen LogP contribution is 2.29. The highest BCUT2D eigenvalue weighted by atomic mass is 35.5. The Balaban J connectivity index is 1.77. The molecule has 154 valence electrons. The summed E-state index contributed by atoms with van der Waals surface area (Å²) in [5.41, 5.74) is 3.63. The van der Waals surface area contributed by atoms with Crippen molar-refractivity contribution in [1.82, 2.24) is 10.3 Å². The predicted molar refractivity (Wildman–Crippen MR) is 119 cm³/mol. The molecule has 3 amide bonds. The molecule has 1 heterocycles. The molecular formula is C22H19Cl2N3O3. The van der Waals surface area contributed by atoms with E-state index in [-0.39, 0.29) is 15.6 Å². The first kappa shape index (κ1) is 21.6. The lowest BCUT2D eigenvalue weighted by atomic mass is 9.99. The van der Waals surface area contributed by atoms with Gasteiger partial charge in [0, 0.05) is 11.3 Å². The molecule has 0 bridgehead atoms. The Hall–Kier alpha value is -3.09. The van der Waals surface area contributed by atoms with Crippen LogP contribution in [0.5, 0.6) is 5.75 Å². The molecule has 0 spiro atoms. The van der Waals surface area contributed by atoms with Crippen LogP contribution < -0.4 is 15.4 Å². The van der Waals surface area contributed by atoms with E-state index in [9.17, 15) is 9.59 Å². The number of halogens is 2. The minimum atomic E-state index is -0.737. The summed E-state index contributed by atoms with van der Waals surface area (Å²) in [6.45, 7) is 3.77. The third-order valence-corrected chi connectivity index (χ3v) is 5.06. The zero-order valence-corrected chi connectivity index (χ0v) is 18.1. The van der Waals surface area contributed by atoms with Crippen molar-refractivity contribution < 1.29 is 14.3 Å². The van der Waals surface area contributed by atoms with Gasteiger partial charge in [-0.25, -0.2) is 9.78 Å². The standard InChI is InChI=1S/C22H19Cl2N3O3/c1-12-11-18(25-13(2)19(12)14-7-9-15(30-3)10-8-14)26-22(29)27-21(28)20-16(23)5-4-6-17(20)24/h4-11H,1-3H3,(H2,25,26,27,28,29). The number of pyridine rings is 1. The van der Waals surface area contributed by atoms with Crippen molar-refractivity contribution in [2.24, 2.45) is 0 Å². The maximum absolute atomic E-state index is 12.3. The van der Waals surface area contributed by atoms with Gasteiger partial charge in [0.15, 0.2) is 0 Å². The predicted octanol–water partition coefficient (Wildman–Crippen LogP) is 5.64. The number of benzene rings is 2. The topological polar surface area (TPSA) is 80.3 Å². The van der Waals surface area contributed by atoms with Gasteiger partial charge in [0.05, 0.1) is 22.7 Å². The van der Waals surface area contributed by atoms with Crippen molar-refractivity contribution >= 4 is 41.0 Å². The van der Waals surface area contributed by atoms with Crippen LogP contribution in [0.15, 0.2) is 48.5 Å². The zero-order chi connectivity index (χ0) is 21.8. The first-order valence-electron chi connectivity index (χ1n) is 8.99. The highest BCUT2D eigenvalue weighted by molar-refractivity contribution is 6.40. The van der Waals surface area contributed by atoms with Crippen LogP contribution in [0, 0.1) is 13.8 Å². The Labute approximate surface area is 184 Å². The van der Waals surface area contributed by atoms with Gasteiger partial charge in [0.25, 0.3) is 5.91 Å². The number of carbonyl (C=O) groups excluding carboxylic acids is 2. The third-order valence-electron chi connectivity index (χ3n) is 4.43. The molecule has 0 aliphatic rings. The monoisotopic (exact) mass is 443 g/mol. The third kappa shape index (κ3) is 4.72. The van der Waals surface area contributed by atoms with Gasteiger partial charge in [-0.1, -0.05) is 41.4 Å². The molecule has 3 aromatic rings. The lowest BCUT2D eigenvalue weighted by Gasteiger charge is -2.14. The molecule has 0 aliphatic carbocycles. The molecule has 0 saturated carbocycles. The first-order valence-corrected chi connectivity index (χ1v) is 9.74. The van der Waals surface area contributed by atoms with Crippen LogP contribution in [0.2, 0.25) is 10.0 Å². The Kier molecular flexibility index (Phi) is 6.59. The van der Waals surface area contributed by atoms with Gasteiger partial charge in [-0.3, -0.25) is 15.4 Å². The summed E-state index contributed by atoms with van der Waals surface area (Å²) in [4.78, 5) is 29.1. The van der Waals surface area contributed by atoms with Crippen LogP contribution in [0.3, 0.4) is 0 Å². The number of hydrogen-bond acceptors (Lipinski definition) is 4. The normalized spacial score (nSPS) is 10.4. The average molecular weight is 444 g/mol. The maximum atomic E-state index is 12.3. The van der Waals surface area contributed by atoms with Crippen LogP contribution in [0.25, 0.3) is 11.1 Å². The number of carbonyl (C=O) groups is 2. The van der Waals surface area contributed by atoms with Crippen molar-refractivity contribution in [2.75, 3.05) is 12.4 Å². The highest BCUT2D eigenvalue weighted by Gasteiger charge is 2.18. The Morgan fingerprint density at radius 2 is 1.63 bits per heavy atom. The van der Waals surface area contributed by atoms with Crippen LogP contribution in [-0.4, -0.2) is 24.0 Å². The van der Waals surface area contributed by atoms with Crippen molar-refractivity contribution in [1.29, 1.82) is 0 Å². The van der Waals surface area contributed by atoms with Crippen molar-refractivity contribution in [3.63, 3.8) is 0 Å². The number of urea groups is 1. The van der Waals surface area contributed by atoms with E-state index >= 15 is 0 Å². The molecule has 1 aromatic heterocycles. The minimum absolute atomic E-state index is 0.0335. The summed E-state index contributed by atoms with van der Waals surface area (Å²) in [7, 11) is 1.61. The number of amides is 3. The molecule has 2 N–H and O–H groups in total. The molecule has 30 heavy (non-hydrogen) atoms. The Bertz CT molecular complexity index is 1070. The smallest absolute Gasteiger partial charge is 0.327 e. The van der Waals surface area contributed by atoms with E-state index in [0.717, 1.165) is 28.1 Å². The molecule has 0 atom stereocenters. The number of imide groups is 1. The molecule has 0 aliphatic heterocycles. The lowest BCUT2D eigenvalue weighted by molar-refractivity contribution is 0.0967. The summed E-state index contributed by atoms with van der Waals surface area (Å²) in [5.74, 6) is 0.379. The molecular weight excluding hydrogens is 425 g/mol. The van der Waals surface area contributed by atoms with E-state index < -0.39 is 11.9 Å². The second kappa shape index (κ2) is 9.15. The number of aromatic nitrogens is 1. The van der Waals surface area contributed by atoms with E-state index in [1.165, 1.54) is 12.1 Å². The molecule has 0 fully saturated rings. The molecule has 0 radical (unpaired) electrons. The fraction of sp³-hybridized carbons (Fsp3) is 0.136. The molecule has 0 unspecified atom stereocenters. The number of nitrogens with one attached hydrogen (secondary N) is 2. The maximum Gasteiger partial charge on any atom is 0.327 e. The van der Waals surface area contributed by atoms with E-state index in [2.05, 4.69) is 15.6 Å². The SMILES string of the molecule is COc1ccc(-c2c(C)cc(NC(=O)NC(=O)c3c(Cl)cccc3Cl)nc2C)cc1. The molecule has 2 aromatic carbocycles.